The average Bonchev–Trinajstić information content (AvgIpc) is 2.68. The first-order valence-corrected chi connectivity index (χ1v) is 5.32. The van der Waals surface area contributed by atoms with E-state index in [1.807, 2.05) is 12.1 Å². The largest absolute Gasteiger partial charge is 0.480 e. The van der Waals surface area contributed by atoms with E-state index in [1.165, 1.54) is 0 Å². The highest BCUT2D eigenvalue weighted by Crippen LogP contribution is 2.32. The predicted octanol–water partition coefficient (Wildman–Crippen LogP) is 0.870. The molecule has 0 spiro atoms. The van der Waals surface area contributed by atoms with Crippen molar-refractivity contribution in [1.29, 1.82) is 0 Å². The van der Waals surface area contributed by atoms with E-state index in [4.69, 9.17) is 5.11 Å². The molecule has 2 N–H and O–H groups in total. The maximum absolute atomic E-state index is 10.7. The van der Waals surface area contributed by atoms with Gasteiger partial charge < -0.3 is 5.11 Å². The van der Waals surface area contributed by atoms with Crippen molar-refractivity contribution < 1.29 is 9.90 Å². The number of nitrogens with zero attached hydrogens (tertiary/aromatic N) is 1. The number of thioether (sulfide) groups is 1. The number of hydrogen-bond donors (Lipinski definition) is 2. The van der Waals surface area contributed by atoms with Gasteiger partial charge in [-0.2, -0.15) is 0 Å². The monoisotopic (exact) mass is 210 g/mol. The van der Waals surface area contributed by atoms with Crippen LogP contribution in [0.5, 0.6) is 0 Å². The Hall–Kier alpha value is -1.07. The van der Waals surface area contributed by atoms with Gasteiger partial charge in [0.2, 0.25) is 0 Å². The third-order valence-electron chi connectivity index (χ3n) is 2.09. The fraction of sp³-hybridized carbons (Fsp3) is 0.333. The quantitative estimate of drug-likeness (QED) is 0.758. The van der Waals surface area contributed by atoms with E-state index in [0.717, 1.165) is 5.56 Å². The molecule has 1 saturated heterocycles. The molecule has 2 rings (SSSR count). The Balaban J connectivity index is 2.06. The summed E-state index contributed by atoms with van der Waals surface area (Å²) in [5.41, 5.74) is 1.08. The molecule has 0 unspecified atom stereocenters. The Morgan fingerprint density at radius 2 is 2.29 bits per heavy atom. The van der Waals surface area contributed by atoms with Crippen LogP contribution in [-0.4, -0.2) is 27.9 Å². The minimum atomic E-state index is -0.783. The number of rotatable bonds is 2. The first-order valence-electron chi connectivity index (χ1n) is 4.28. The van der Waals surface area contributed by atoms with Gasteiger partial charge in [-0.1, -0.05) is 0 Å². The number of carboxylic acids is 1. The minimum Gasteiger partial charge on any atom is -0.480 e. The summed E-state index contributed by atoms with van der Waals surface area (Å²) in [4.78, 5) is 14.6. The summed E-state index contributed by atoms with van der Waals surface area (Å²) < 4.78 is 0. The van der Waals surface area contributed by atoms with Gasteiger partial charge in [-0.15, -0.1) is 11.8 Å². The van der Waals surface area contributed by atoms with E-state index in [1.54, 1.807) is 24.2 Å². The minimum absolute atomic E-state index is 0.0825. The van der Waals surface area contributed by atoms with Crippen LogP contribution in [-0.2, 0) is 4.79 Å². The molecule has 2 atom stereocenters. The highest BCUT2D eigenvalue weighted by molar-refractivity contribution is 7.99. The summed E-state index contributed by atoms with van der Waals surface area (Å²) in [5.74, 6) is -0.170. The van der Waals surface area contributed by atoms with Crippen molar-refractivity contribution in [2.24, 2.45) is 0 Å². The lowest BCUT2D eigenvalue weighted by Gasteiger charge is -2.10. The summed E-state index contributed by atoms with van der Waals surface area (Å²) in [6.07, 6.45) is 3.43. The van der Waals surface area contributed by atoms with Gasteiger partial charge in [0.25, 0.3) is 0 Å². The molecule has 0 aromatic carbocycles. The molecule has 1 aliphatic heterocycles. The molecule has 4 nitrogen and oxygen atoms in total. The zero-order valence-electron chi connectivity index (χ0n) is 7.38. The molecule has 0 amide bonds. The van der Waals surface area contributed by atoms with Gasteiger partial charge in [-0.05, 0) is 17.7 Å². The molecule has 0 radical (unpaired) electrons. The van der Waals surface area contributed by atoms with E-state index in [-0.39, 0.29) is 5.37 Å². The number of hydrogen-bond acceptors (Lipinski definition) is 4. The van der Waals surface area contributed by atoms with Gasteiger partial charge in [-0.3, -0.25) is 15.1 Å². The number of carbonyl (C=O) groups is 1. The van der Waals surface area contributed by atoms with Gasteiger partial charge in [-0.25, -0.2) is 0 Å². The molecule has 5 heteroatoms. The highest BCUT2D eigenvalue weighted by atomic mass is 32.2. The van der Waals surface area contributed by atoms with Crippen molar-refractivity contribution in [3.63, 3.8) is 0 Å². The van der Waals surface area contributed by atoms with Crippen LogP contribution in [0.1, 0.15) is 10.9 Å². The topological polar surface area (TPSA) is 62.2 Å². The lowest BCUT2D eigenvalue weighted by molar-refractivity contribution is -0.138. The summed E-state index contributed by atoms with van der Waals surface area (Å²) in [6.45, 7) is 0. The van der Waals surface area contributed by atoms with Crippen LogP contribution in [0.2, 0.25) is 0 Å². The van der Waals surface area contributed by atoms with Crippen molar-refractivity contribution >= 4 is 17.7 Å². The molecule has 2 heterocycles. The summed E-state index contributed by atoms with van der Waals surface area (Å²) >= 11 is 1.61. The Bertz CT molecular complexity index is 331. The molecule has 1 fully saturated rings. The van der Waals surface area contributed by atoms with Gasteiger partial charge in [0.1, 0.15) is 6.04 Å². The molecule has 0 aliphatic carbocycles. The van der Waals surface area contributed by atoms with E-state index in [2.05, 4.69) is 10.3 Å². The Kier molecular flexibility index (Phi) is 2.69. The first-order chi connectivity index (χ1) is 6.77. The fourth-order valence-electron chi connectivity index (χ4n) is 1.34. The smallest absolute Gasteiger partial charge is 0.321 e. The van der Waals surface area contributed by atoms with Gasteiger partial charge in [0.05, 0.1) is 5.37 Å². The van der Waals surface area contributed by atoms with Crippen LogP contribution in [0.15, 0.2) is 24.5 Å². The first kappa shape index (κ1) is 9.48. The number of carboxylic acid groups (broad SMARTS) is 1. The Morgan fingerprint density at radius 3 is 2.86 bits per heavy atom. The molecule has 14 heavy (non-hydrogen) atoms. The number of aromatic nitrogens is 1. The molecule has 1 aromatic rings. The van der Waals surface area contributed by atoms with Crippen LogP contribution < -0.4 is 5.32 Å². The maximum atomic E-state index is 10.7. The predicted molar refractivity (Wildman–Crippen MR) is 54.0 cm³/mol. The van der Waals surface area contributed by atoms with Crippen LogP contribution in [0.25, 0.3) is 0 Å². The zero-order chi connectivity index (χ0) is 9.97. The van der Waals surface area contributed by atoms with Crippen molar-refractivity contribution in [3.8, 4) is 0 Å². The second kappa shape index (κ2) is 3.98. The maximum Gasteiger partial charge on any atom is 0.321 e. The SMILES string of the molecule is O=C(O)[C@H]1CS[C@H](c2ccncc2)N1. The third-order valence-corrected chi connectivity index (χ3v) is 3.36. The van der Waals surface area contributed by atoms with Crippen LogP contribution in [0.4, 0.5) is 0 Å². The standard InChI is InChI=1S/C9H10N2O2S/c12-9(13)7-5-14-8(11-7)6-1-3-10-4-2-6/h1-4,7-8,11H,5H2,(H,12,13)/t7-,8-/m1/s1. The molecule has 1 aromatic heterocycles. The number of aliphatic carboxylic acids is 1. The molecular formula is C9H10N2O2S. The Morgan fingerprint density at radius 1 is 1.57 bits per heavy atom. The van der Waals surface area contributed by atoms with Crippen molar-refractivity contribution in [3.05, 3.63) is 30.1 Å². The Labute approximate surface area is 85.7 Å². The third kappa shape index (κ3) is 1.88. The lowest BCUT2D eigenvalue weighted by atomic mass is 10.2. The second-order valence-electron chi connectivity index (χ2n) is 3.05. The van der Waals surface area contributed by atoms with Crippen LogP contribution in [0, 0.1) is 0 Å². The summed E-state index contributed by atoms with van der Waals surface area (Å²) in [6, 6.07) is 3.36. The lowest BCUT2D eigenvalue weighted by Crippen LogP contribution is -2.33. The van der Waals surface area contributed by atoms with Crippen molar-refractivity contribution in [2.45, 2.75) is 11.4 Å². The molecule has 0 saturated carbocycles. The van der Waals surface area contributed by atoms with E-state index < -0.39 is 12.0 Å². The number of nitrogens with one attached hydrogen (secondary N) is 1. The van der Waals surface area contributed by atoms with E-state index >= 15 is 0 Å². The number of pyridine rings is 1. The molecular weight excluding hydrogens is 200 g/mol. The average molecular weight is 210 g/mol. The van der Waals surface area contributed by atoms with Gasteiger partial charge >= 0.3 is 5.97 Å². The zero-order valence-corrected chi connectivity index (χ0v) is 8.20. The van der Waals surface area contributed by atoms with E-state index in [9.17, 15) is 4.79 Å². The second-order valence-corrected chi connectivity index (χ2v) is 4.19. The van der Waals surface area contributed by atoms with Crippen molar-refractivity contribution in [2.75, 3.05) is 5.75 Å². The van der Waals surface area contributed by atoms with Crippen molar-refractivity contribution in [1.82, 2.24) is 10.3 Å². The van der Waals surface area contributed by atoms with Crippen LogP contribution >= 0.6 is 11.8 Å². The summed E-state index contributed by atoms with van der Waals surface area (Å²) in [5, 5.41) is 11.9. The molecule has 0 bridgehead atoms. The highest BCUT2D eigenvalue weighted by Gasteiger charge is 2.29. The molecule has 1 aliphatic rings. The fourth-order valence-corrected chi connectivity index (χ4v) is 2.58. The normalized spacial score (nSPS) is 26.3. The van der Waals surface area contributed by atoms with Crippen LogP contribution in [0.3, 0.4) is 0 Å². The summed E-state index contributed by atoms with van der Waals surface area (Å²) in [7, 11) is 0. The van der Waals surface area contributed by atoms with Gasteiger partial charge in [0, 0.05) is 18.1 Å². The van der Waals surface area contributed by atoms with Gasteiger partial charge in [0.15, 0.2) is 0 Å². The molecule has 74 valence electrons. The van der Waals surface area contributed by atoms with E-state index in [0.29, 0.717) is 5.75 Å².